The molecule has 0 aromatic carbocycles. The van der Waals surface area contributed by atoms with Crippen molar-refractivity contribution in [3.63, 3.8) is 0 Å². The maximum atomic E-state index is 11.5. The highest BCUT2D eigenvalue weighted by atomic mass is 16.3. The molecule has 4 nitrogen and oxygen atoms in total. The Balaban J connectivity index is 2.25. The molecule has 0 bridgehead atoms. The van der Waals surface area contributed by atoms with Crippen molar-refractivity contribution >= 4 is 5.91 Å². The Bertz CT molecular complexity index is 318. The highest BCUT2D eigenvalue weighted by molar-refractivity contribution is 5.91. The Hall–Kier alpha value is -1.29. The third-order valence-corrected chi connectivity index (χ3v) is 1.93. The standard InChI is InChI=1S/C11H18N2O2/c1-8(2)12-6-7-13-11(14)10-5-4-9(3)15-10/h4-5,8,12H,6-7H2,1-3H3,(H,13,14). The first-order chi connectivity index (χ1) is 7.09. The van der Waals surface area contributed by atoms with E-state index in [4.69, 9.17) is 4.42 Å². The van der Waals surface area contributed by atoms with Crippen molar-refractivity contribution in [2.24, 2.45) is 0 Å². The third-order valence-electron chi connectivity index (χ3n) is 1.93. The molecule has 0 fully saturated rings. The zero-order chi connectivity index (χ0) is 11.3. The minimum Gasteiger partial charge on any atom is -0.456 e. The summed E-state index contributed by atoms with van der Waals surface area (Å²) in [7, 11) is 0. The van der Waals surface area contributed by atoms with Crippen molar-refractivity contribution < 1.29 is 9.21 Å². The van der Waals surface area contributed by atoms with Gasteiger partial charge in [0.1, 0.15) is 5.76 Å². The van der Waals surface area contributed by atoms with Crippen LogP contribution in [0.25, 0.3) is 0 Å². The van der Waals surface area contributed by atoms with E-state index in [1.807, 2.05) is 6.92 Å². The van der Waals surface area contributed by atoms with Gasteiger partial charge >= 0.3 is 0 Å². The summed E-state index contributed by atoms with van der Waals surface area (Å²) in [5.41, 5.74) is 0. The lowest BCUT2D eigenvalue weighted by atomic mass is 10.4. The van der Waals surface area contributed by atoms with Crippen molar-refractivity contribution in [1.29, 1.82) is 0 Å². The second kappa shape index (κ2) is 5.56. The average molecular weight is 210 g/mol. The van der Waals surface area contributed by atoms with E-state index in [0.29, 0.717) is 18.3 Å². The largest absolute Gasteiger partial charge is 0.456 e. The Kier molecular flexibility index (Phi) is 4.37. The predicted molar refractivity (Wildman–Crippen MR) is 58.9 cm³/mol. The van der Waals surface area contributed by atoms with Crippen molar-refractivity contribution in [2.45, 2.75) is 26.8 Å². The fourth-order valence-electron chi connectivity index (χ4n) is 1.18. The molecular weight excluding hydrogens is 192 g/mol. The first-order valence-electron chi connectivity index (χ1n) is 5.17. The lowest BCUT2D eigenvalue weighted by Crippen LogP contribution is -2.34. The number of hydrogen-bond donors (Lipinski definition) is 2. The summed E-state index contributed by atoms with van der Waals surface area (Å²) in [5, 5.41) is 5.98. The normalized spacial score (nSPS) is 10.7. The van der Waals surface area contributed by atoms with Crippen LogP contribution in [-0.4, -0.2) is 25.0 Å². The highest BCUT2D eigenvalue weighted by Gasteiger charge is 2.08. The first kappa shape index (κ1) is 11.8. The fraction of sp³-hybridized carbons (Fsp3) is 0.545. The van der Waals surface area contributed by atoms with E-state index in [2.05, 4.69) is 24.5 Å². The van der Waals surface area contributed by atoms with Crippen LogP contribution in [0.15, 0.2) is 16.5 Å². The molecule has 0 aliphatic carbocycles. The SMILES string of the molecule is Cc1ccc(C(=O)NCCNC(C)C)o1. The third kappa shape index (κ3) is 4.16. The molecular formula is C11H18N2O2. The molecule has 0 unspecified atom stereocenters. The van der Waals surface area contributed by atoms with E-state index in [0.717, 1.165) is 12.3 Å². The molecule has 15 heavy (non-hydrogen) atoms. The Labute approximate surface area is 90.0 Å². The van der Waals surface area contributed by atoms with Gasteiger partial charge in [0.25, 0.3) is 5.91 Å². The van der Waals surface area contributed by atoms with Gasteiger partial charge in [-0.05, 0) is 19.1 Å². The van der Waals surface area contributed by atoms with Crippen LogP contribution < -0.4 is 10.6 Å². The zero-order valence-corrected chi connectivity index (χ0v) is 9.46. The molecule has 2 N–H and O–H groups in total. The number of rotatable bonds is 5. The summed E-state index contributed by atoms with van der Waals surface area (Å²) in [6.45, 7) is 7.33. The molecule has 0 aliphatic rings. The Morgan fingerprint density at radius 1 is 1.40 bits per heavy atom. The fourth-order valence-corrected chi connectivity index (χ4v) is 1.18. The van der Waals surface area contributed by atoms with Crippen molar-refractivity contribution in [3.05, 3.63) is 23.7 Å². The summed E-state index contributed by atoms with van der Waals surface area (Å²) in [6.07, 6.45) is 0. The van der Waals surface area contributed by atoms with E-state index in [9.17, 15) is 4.79 Å². The molecule has 1 heterocycles. The average Bonchev–Trinajstić information content (AvgIpc) is 2.59. The molecule has 1 amide bonds. The lowest BCUT2D eigenvalue weighted by Gasteiger charge is -2.07. The van der Waals surface area contributed by atoms with E-state index < -0.39 is 0 Å². The monoisotopic (exact) mass is 210 g/mol. The minimum absolute atomic E-state index is 0.159. The molecule has 0 saturated carbocycles. The molecule has 0 spiro atoms. The first-order valence-corrected chi connectivity index (χ1v) is 5.17. The van der Waals surface area contributed by atoms with Crippen LogP contribution in [0.3, 0.4) is 0 Å². The molecule has 0 atom stereocenters. The number of nitrogens with one attached hydrogen (secondary N) is 2. The lowest BCUT2D eigenvalue weighted by molar-refractivity contribution is 0.0924. The van der Waals surface area contributed by atoms with Crippen LogP contribution in [-0.2, 0) is 0 Å². The van der Waals surface area contributed by atoms with Crippen LogP contribution in [0.2, 0.25) is 0 Å². The van der Waals surface area contributed by atoms with Gasteiger partial charge in [-0.1, -0.05) is 13.8 Å². The van der Waals surface area contributed by atoms with Crippen LogP contribution in [0.1, 0.15) is 30.2 Å². The number of amides is 1. The molecule has 0 aliphatic heterocycles. The number of hydrogen-bond acceptors (Lipinski definition) is 3. The van der Waals surface area contributed by atoms with Crippen LogP contribution >= 0.6 is 0 Å². The van der Waals surface area contributed by atoms with Gasteiger partial charge in [-0.3, -0.25) is 4.79 Å². The summed E-state index contributed by atoms with van der Waals surface area (Å²) < 4.78 is 5.19. The van der Waals surface area contributed by atoms with E-state index in [1.165, 1.54) is 0 Å². The van der Waals surface area contributed by atoms with E-state index in [-0.39, 0.29) is 5.91 Å². The minimum atomic E-state index is -0.159. The molecule has 1 aromatic rings. The molecule has 0 saturated heterocycles. The van der Waals surface area contributed by atoms with Gasteiger partial charge in [0.15, 0.2) is 5.76 Å². The number of carbonyl (C=O) groups is 1. The van der Waals surface area contributed by atoms with Gasteiger partial charge in [0, 0.05) is 19.1 Å². The summed E-state index contributed by atoms with van der Waals surface area (Å²) in [5.74, 6) is 0.964. The summed E-state index contributed by atoms with van der Waals surface area (Å²) in [6, 6.07) is 3.90. The molecule has 1 aromatic heterocycles. The Morgan fingerprint density at radius 2 is 2.13 bits per heavy atom. The number of furan rings is 1. The predicted octanol–water partition coefficient (Wildman–Crippen LogP) is 1.32. The van der Waals surface area contributed by atoms with Crippen molar-refractivity contribution in [1.82, 2.24) is 10.6 Å². The van der Waals surface area contributed by atoms with Crippen molar-refractivity contribution in [3.8, 4) is 0 Å². The molecule has 1 rings (SSSR count). The van der Waals surface area contributed by atoms with Crippen LogP contribution in [0, 0.1) is 6.92 Å². The maximum Gasteiger partial charge on any atom is 0.287 e. The maximum absolute atomic E-state index is 11.5. The molecule has 0 radical (unpaired) electrons. The van der Waals surface area contributed by atoms with Crippen molar-refractivity contribution in [2.75, 3.05) is 13.1 Å². The molecule has 4 heteroatoms. The summed E-state index contributed by atoms with van der Waals surface area (Å²) >= 11 is 0. The van der Waals surface area contributed by atoms with Gasteiger partial charge in [-0.2, -0.15) is 0 Å². The van der Waals surface area contributed by atoms with Gasteiger partial charge in [0.05, 0.1) is 0 Å². The van der Waals surface area contributed by atoms with E-state index in [1.54, 1.807) is 12.1 Å². The highest BCUT2D eigenvalue weighted by Crippen LogP contribution is 2.05. The second-order valence-corrected chi connectivity index (χ2v) is 3.78. The van der Waals surface area contributed by atoms with Gasteiger partial charge < -0.3 is 15.1 Å². The van der Waals surface area contributed by atoms with E-state index >= 15 is 0 Å². The smallest absolute Gasteiger partial charge is 0.287 e. The van der Waals surface area contributed by atoms with Crippen LogP contribution in [0.4, 0.5) is 0 Å². The number of carbonyl (C=O) groups excluding carboxylic acids is 1. The summed E-state index contributed by atoms with van der Waals surface area (Å²) in [4.78, 5) is 11.5. The van der Waals surface area contributed by atoms with Gasteiger partial charge in [-0.25, -0.2) is 0 Å². The van der Waals surface area contributed by atoms with Gasteiger partial charge in [-0.15, -0.1) is 0 Å². The number of aryl methyl sites for hydroxylation is 1. The molecule has 84 valence electrons. The topological polar surface area (TPSA) is 54.3 Å². The van der Waals surface area contributed by atoms with Crippen LogP contribution in [0.5, 0.6) is 0 Å². The Morgan fingerprint density at radius 3 is 2.67 bits per heavy atom. The zero-order valence-electron chi connectivity index (χ0n) is 9.46. The van der Waals surface area contributed by atoms with Gasteiger partial charge in [0.2, 0.25) is 0 Å². The second-order valence-electron chi connectivity index (χ2n) is 3.78. The quantitative estimate of drug-likeness (QED) is 0.721.